The minimum absolute atomic E-state index is 0.145. The van der Waals surface area contributed by atoms with Crippen LogP contribution in [0.25, 0.3) is 65.7 Å². The van der Waals surface area contributed by atoms with E-state index in [2.05, 4.69) is 0 Å². The van der Waals surface area contributed by atoms with Crippen molar-refractivity contribution >= 4 is 43.5 Å². The molecule has 0 spiro atoms. The first kappa shape index (κ1) is 11.5. The number of benzene rings is 7. The van der Waals surface area contributed by atoms with E-state index in [1.54, 1.807) is 30.3 Å². The first-order valence-corrected chi connectivity index (χ1v) is 12.4. The summed E-state index contributed by atoms with van der Waals surface area (Å²) in [5.74, 6) is 0. The lowest BCUT2D eigenvalue weighted by Crippen LogP contribution is -1.95. The second-order valence-electron chi connectivity index (χ2n) is 9.16. The topological polar surface area (TPSA) is 13.1 Å². The Morgan fingerprint density at radius 3 is 1.82 bits per heavy atom. The fraction of sp³-hybridized carbons (Fsp3) is 0.0256. The van der Waals surface area contributed by atoms with Crippen LogP contribution in [-0.4, -0.2) is 0 Å². The van der Waals surface area contributed by atoms with E-state index >= 15 is 0 Å². The molecule has 0 N–H and O–H groups in total. The summed E-state index contributed by atoms with van der Waals surface area (Å²) in [4.78, 5) is 0. The average Bonchev–Trinajstić information content (AvgIpc) is 3.59. The Bertz CT molecular complexity index is 2990. The molecule has 188 valence electrons. The fourth-order valence-electron chi connectivity index (χ4n) is 5.19. The zero-order valence-electron chi connectivity index (χ0n) is 37.7. The molecule has 0 aliphatic carbocycles. The Balaban J connectivity index is 1.58. The lowest BCUT2D eigenvalue weighted by molar-refractivity contribution is 0.670. The molecular weight excluding hydrogens is 484 g/mol. The number of hydrogen-bond acceptors (Lipinski definition) is 1. The van der Waals surface area contributed by atoms with Crippen LogP contribution in [-0.2, 0) is 6.42 Å². The molecule has 1 nitrogen and oxygen atoms in total. The molecule has 8 aromatic rings. The van der Waals surface area contributed by atoms with Crippen LogP contribution in [0.4, 0.5) is 0 Å². The van der Waals surface area contributed by atoms with Crippen molar-refractivity contribution in [3.05, 3.63) is 156 Å². The SMILES string of the molecule is [2H]c1c([2H])c([2H])c(Cc2c3c([2H])c([2H])c([2H])c([2H])c3c(-c3c([2H])c([2H])c(-c4cccc5c4oc4ccccc45)c([2H])c3[2H])c3c([2H])c([2H])c([2H])c([2H])c23)c([2H])c1[2H]. The zero-order chi connectivity index (χ0) is 41.3. The normalized spacial score (nSPS) is 17.6. The molecule has 1 heteroatoms. The molecule has 0 radical (unpaired) electrons. The van der Waals surface area contributed by atoms with Crippen molar-refractivity contribution in [2.75, 3.05) is 0 Å². The van der Waals surface area contributed by atoms with Crippen LogP contribution in [0.3, 0.4) is 0 Å². The molecule has 0 fully saturated rings. The Hall–Kier alpha value is -5.14. The van der Waals surface area contributed by atoms with Gasteiger partial charge in [0.25, 0.3) is 0 Å². The summed E-state index contributed by atoms with van der Waals surface area (Å²) in [5.41, 5.74) is -0.554. The number of para-hydroxylation sites is 2. The highest BCUT2D eigenvalue weighted by atomic mass is 16.3. The molecule has 0 atom stereocenters. The Kier molecular flexibility index (Phi) is 2.67. The predicted molar refractivity (Wildman–Crippen MR) is 169 cm³/mol. The first-order chi connectivity index (χ1) is 26.9. The van der Waals surface area contributed by atoms with E-state index in [-0.39, 0.29) is 33.0 Å². The molecule has 7 aromatic carbocycles. The van der Waals surface area contributed by atoms with E-state index in [0.717, 1.165) is 5.39 Å². The predicted octanol–water partition coefficient (Wildman–Crippen LogP) is 10.8. The number of hydrogen-bond donors (Lipinski definition) is 0. The Morgan fingerprint density at radius 2 is 1.10 bits per heavy atom. The van der Waals surface area contributed by atoms with Crippen molar-refractivity contribution in [1.29, 1.82) is 0 Å². The average molecular weight is 528 g/mol. The van der Waals surface area contributed by atoms with Gasteiger partial charge in [-0.2, -0.15) is 0 Å². The number of rotatable bonds is 4. The van der Waals surface area contributed by atoms with Crippen molar-refractivity contribution in [1.82, 2.24) is 0 Å². The van der Waals surface area contributed by atoms with Crippen LogP contribution in [0.15, 0.2) is 150 Å². The largest absolute Gasteiger partial charge is 0.455 e. The highest BCUT2D eigenvalue weighted by Crippen LogP contribution is 2.41. The number of furan rings is 1. The van der Waals surface area contributed by atoms with Gasteiger partial charge in [-0.3, -0.25) is 0 Å². The summed E-state index contributed by atoms with van der Waals surface area (Å²) in [6.07, 6.45) is -0.650. The van der Waals surface area contributed by atoms with Crippen molar-refractivity contribution in [3.63, 3.8) is 0 Å². The van der Waals surface area contributed by atoms with Gasteiger partial charge in [-0.05, 0) is 61.8 Å². The summed E-state index contributed by atoms with van der Waals surface area (Å²) in [5, 5.41) is -0.113. The molecule has 8 rings (SSSR count). The van der Waals surface area contributed by atoms with Gasteiger partial charge in [-0.15, -0.1) is 0 Å². The van der Waals surface area contributed by atoms with Gasteiger partial charge in [-0.1, -0.05) is 139 Å². The van der Waals surface area contributed by atoms with Crippen molar-refractivity contribution in [2.24, 2.45) is 0 Å². The lowest BCUT2D eigenvalue weighted by Gasteiger charge is -2.18. The molecular formula is C39H26O. The lowest BCUT2D eigenvalue weighted by atomic mass is 9.86. The van der Waals surface area contributed by atoms with Crippen LogP contribution >= 0.6 is 0 Å². The second kappa shape index (κ2) is 9.25. The zero-order valence-corrected chi connectivity index (χ0v) is 20.7. The molecule has 0 aliphatic rings. The molecule has 0 saturated carbocycles. The van der Waals surface area contributed by atoms with Crippen LogP contribution in [0.2, 0.25) is 0 Å². The van der Waals surface area contributed by atoms with Crippen LogP contribution in [0, 0.1) is 0 Å². The van der Waals surface area contributed by atoms with E-state index in [0.29, 0.717) is 16.6 Å². The monoisotopic (exact) mass is 527 g/mol. The molecule has 0 unspecified atom stereocenters. The summed E-state index contributed by atoms with van der Waals surface area (Å²) >= 11 is 0. The van der Waals surface area contributed by atoms with Gasteiger partial charge in [0.2, 0.25) is 0 Å². The van der Waals surface area contributed by atoms with Gasteiger partial charge in [0.05, 0.1) is 23.3 Å². The third-order valence-electron chi connectivity index (χ3n) is 6.93. The van der Waals surface area contributed by atoms with Crippen molar-refractivity contribution in [2.45, 2.75) is 6.42 Å². The second-order valence-corrected chi connectivity index (χ2v) is 9.16. The smallest absolute Gasteiger partial charge is 0.143 e. The van der Waals surface area contributed by atoms with Gasteiger partial charge in [-0.25, -0.2) is 0 Å². The third-order valence-corrected chi connectivity index (χ3v) is 6.93. The standard InChI is InChI=1S/C39H26O/c1-2-11-26(12-3-1)25-36-30-13-4-6-16-33(30)38(34-17-7-5-14-31(34)36)28-23-21-27(22-24-28)29-18-10-19-35-32-15-8-9-20-37(32)40-39(29)35/h1-24H,25H2/i1D,2D,3D,4D,5D,6D,7D,11D,12D,13D,14D,16D,17D,21D,22D,23D,24D. The van der Waals surface area contributed by atoms with Crippen LogP contribution < -0.4 is 0 Å². The summed E-state index contributed by atoms with van der Waals surface area (Å²) < 4.78 is 156. The highest BCUT2D eigenvalue weighted by molar-refractivity contribution is 6.15. The number of fused-ring (bicyclic) bond motifs is 5. The van der Waals surface area contributed by atoms with Gasteiger partial charge in [0.15, 0.2) is 0 Å². The first-order valence-electron chi connectivity index (χ1n) is 20.9. The van der Waals surface area contributed by atoms with E-state index in [4.69, 9.17) is 22.2 Å². The highest BCUT2D eigenvalue weighted by Gasteiger charge is 2.16. The third kappa shape index (κ3) is 3.63. The Labute approximate surface area is 256 Å². The molecule has 0 bridgehead atoms. The molecule has 0 amide bonds. The molecule has 40 heavy (non-hydrogen) atoms. The van der Waals surface area contributed by atoms with E-state index in [9.17, 15) is 5.48 Å². The van der Waals surface area contributed by atoms with Gasteiger partial charge < -0.3 is 4.42 Å². The van der Waals surface area contributed by atoms with Crippen molar-refractivity contribution < 1.29 is 27.7 Å². The van der Waals surface area contributed by atoms with Crippen LogP contribution in [0.1, 0.15) is 34.4 Å². The van der Waals surface area contributed by atoms with Crippen LogP contribution in [0.5, 0.6) is 0 Å². The van der Waals surface area contributed by atoms with Gasteiger partial charge in [0.1, 0.15) is 11.2 Å². The van der Waals surface area contributed by atoms with E-state index in [1.165, 1.54) is 0 Å². The molecule has 1 heterocycles. The molecule has 0 saturated heterocycles. The van der Waals surface area contributed by atoms with Gasteiger partial charge in [0, 0.05) is 16.3 Å². The maximum absolute atomic E-state index is 9.41. The quantitative estimate of drug-likeness (QED) is 0.207. The maximum atomic E-state index is 9.41. The molecule has 1 aromatic heterocycles. The minimum Gasteiger partial charge on any atom is -0.455 e. The summed E-state index contributed by atoms with van der Waals surface area (Å²) in [6.45, 7) is 0. The van der Waals surface area contributed by atoms with Gasteiger partial charge >= 0.3 is 0 Å². The summed E-state index contributed by atoms with van der Waals surface area (Å²) in [6, 6.07) is 0.489. The van der Waals surface area contributed by atoms with E-state index in [1.807, 2.05) is 12.1 Å². The maximum Gasteiger partial charge on any atom is 0.143 e. The minimum atomic E-state index is -0.772. The van der Waals surface area contributed by atoms with Crippen molar-refractivity contribution in [3.8, 4) is 22.3 Å². The summed E-state index contributed by atoms with van der Waals surface area (Å²) in [7, 11) is 0. The fourth-order valence-corrected chi connectivity index (χ4v) is 5.19. The van der Waals surface area contributed by atoms with E-state index < -0.39 is 131 Å². The Morgan fingerprint density at radius 1 is 0.500 bits per heavy atom. The molecule has 0 aliphatic heterocycles.